The highest BCUT2D eigenvalue weighted by Crippen LogP contribution is 2.26. The molecule has 1 aliphatic carbocycles. The fourth-order valence-electron chi connectivity index (χ4n) is 4.00. The monoisotopic (exact) mass is 375 g/mol. The van der Waals surface area contributed by atoms with Crippen molar-refractivity contribution in [1.82, 2.24) is 9.80 Å². The van der Waals surface area contributed by atoms with Crippen molar-refractivity contribution < 1.29 is 0 Å². The first-order chi connectivity index (χ1) is 12.8. The quantitative estimate of drug-likeness (QED) is 0.470. The molecule has 0 unspecified atom stereocenters. The molecule has 144 valence electrons. The summed E-state index contributed by atoms with van der Waals surface area (Å²) in [5.74, 6) is 0.972. The number of hydrogen-bond acceptors (Lipinski definition) is 4. The number of hydrogen-bond donors (Lipinski definition) is 2. The first-order valence-electron chi connectivity index (χ1n) is 9.95. The highest BCUT2D eigenvalue weighted by molar-refractivity contribution is 7.98. The Balaban J connectivity index is 1.63. The van der Waals surface area contributed by atoms with Gasteiger partial charge in [0.15, 0.2) is 5.96 Å². The van der Waals surface area contributed by atoms with Crippen LogP contribution < -0.4 is 11.1 Å². The van der Waals surface area contributed by atoms with Crippen molar-refractivity contribution in [2.24, 2.45) is 10.7 Å². The molecule has 3 N–H and O–H groups in total. The summed E-state index contributed by atoms with van der Waals surface area (Å²) in [6.45, 7) is 5.59. The molecule has 0 bridgehead atoms. The summed E-state index contributed by atoms with van der Waals surface area (Å²) in [7, 11) is 0. The molecule has 0 radical (unpaired) electrons. The maximum Gasteiger partial charge on any atom is 0.198 e. The van der Waals surface area contributed by atoms with Gasteiger partial charge in [-0.15, -0.1) is 11.8 Å². The van der Waals surface area contributed by atoms with Crippen molar-refractivity contribution in [3.05, 3.63) is 24.3 Å². The molecule has 1 heterocycles. The van der Waals surface area contributed by atoms with Gasteiger partial charge < -0.3 is 16.0 Å². The molecule has 1 saturated heterocycles. The Hall–Kier alpha value is -1.24. The zero-order valence-electron chi connectivity index (χ0n) is 16.0. The summed E-state index contributed by atoms with van der Waals surface area (Å²) >= 11 is 1.76. The van der Waals surface area contributed by atoms with Crippen molar-refractivity contribution >= 4 is 23.4 Å². The Bertz CT molecular complexity index is 577. The molecule has 26 heavy (non-hydrogen) atoms. The number of nitrogens with zero attached hydrogens (tertiary/aromatic N) is 3. The molecule has 1 aromatic rings. The van der Waals surface area contributed by atoms with Crippen LogP contribution in [0.2, 0.25) is 0 Å². The number of piperazine rings is 1. The number of nitrogens with one attached hydrogen (secondary N) is 1. The average Bonchev–Trinajstić information content (AvgIpc) is 2.72. The van der Waals surface area contributed by atoms with Gasteiger partial charge in [0.1, 0.15) is 0 Å². The predicted molar refractivity (Wildman–Crippen MR) is 113 cm³/mol. The van der Waals surface area contributed by atoms with Gasteiger partial charge in [0.2, 0.25) is 0 Å². The van der Waals surface area contributed by atoms with Gasteiger partial charge in [-0.3, -0.25) is 9.89 Å². The van der Waals surface area contributed by atoms with Gasteiger partial charge in [0.25, 0.3) is 0 Å². The Morgan fingerprint density at radius 2 is 1.88 bits per heavy atom. The van der Waals surface area contributed by atoms with Crippen LogP contribution in [-0.4, -0.2) is 67.3 Å². The summed E-state index contributed by atoms with van der Waals surface area (Å²) in [5, 5.41) is 3.58. The molecule has 3 rings (SSSR count). The Morgan fingerprint density at radius 1 is 1.15 bits per heavy atom. The average molecular weight is 376 g/mol. The molecule has 6 heteroatoms. The van der Waals surface area contributed by atoms with Gasteiger partial charge in [-0.05, 0) is 31.2 Å². The molecule has 0 atom stereocenters. The van der Waals surface area contributed by atoms with E-state index in [1.165, 1.54) is 37.0 Å². The molecule has 0 amide bonds. The van der Waals surface area contributed by atoms with Gasteiger partial charge in [-0.1, -0.05) is 31.4 Å². The van der Waals surface area contributed by atoms with E-state index in [1.54, 1.807) is 11.8 Å². The maximum absolute atomic E-state index is 5.71. The molecule has 2 aliphatic rings. The van der Waals surface area contributed by atoms with E-state index in [-0.39, 0.29) is 0 Å². The fraction of sp³-hybridized carbons (Fsp3) is 0.650. The number of para-hydroxylation sites is 1. The number of nitrogens with two attached hydrogens (primary N) is 1. The third kappa shape index (κ3) is 5.15. The van der Waals surface area contributed by atoms with Gasteiger partial charge in [0, 0.05) is 43.7 Å². The minimum Gasteiger partial charge on any atom is -0.340 e. The van der Waals surface area contributed by atoms with E-state index in [0.29, 0.717) is 13.1 Å². The SMILES string of the molecule is CSc1ccccc1NC(=NCCN)N1CCN(C2CCCCC2)CC1. The molecule has 1 aliphatic heterocycles. The molecular formula is C20H33N5S. The number of thioether (sulfide) groups is 1. The summed E-state index contributed by atoms with van der Waals surface area (Å²) < 4.78 is 0. The lowest BCUT2D eigenvalue weighted by atomic mass is 9.94. The number of anilines is 1. The summed E-state index contributed by atoms with van der Waals surface area (Å²) in [4.78, 5) is 11.1. The van der Waals surface area contributed by atoms with Crippen molar-refractivity contribution in [2.75, 3.05) is 50.8 Å². The molecule has 5 nitrogen and oxygen atoms in total. The first-order valence-corrected chi connectivity index (χ1v) is 11.2. The minimum absolute atomic E-state index is 0.581. The number of rotatable bonds is 5. The van der Waals surface area contributed by atoms with Crippen LogP contribution in [0.3, 0.4) is 0 Å². The standard InChI is InChI=1S/C20H33N5S/c1-26-19-10-6-5-9-18(19)23-20(22-12-11-21)25-15-13-24(14-16-25)17-7-3-2-4-8-17/h5-6,9-10,17H,2-4,7-8,11-16,21H2,1H3,(H,22,23). The van der Waals surface area contributed by atoms with Gasteiger partial charge in [-0.2, -0.15) is 0 Å². The van der Waals surface area contributed by atoms with Gasteiger partial charge in [0.05, 0.1) is 12.2 Å². The van der Waals surface area contributed by atoms with E-state index in [4.69, 9.17) is 10.7 Å². The normalized spacial score (nSPS) is 20.4. The maximum atomic E-state index is 5.71. The molecule has 0 aromatic heterocycles. The minimum atomic E-state index is 0.581. The lowest BCUT2D eigenvalue weighted by Crippen LogP contribution is -2.53. The second-order valence-electron chi connectivity index (χ2n) is 7.13. The van der Waals surface area contributed by atoms with Gasteiger partial charge in [-0.25, -0.2) is 0 Å². The van der Waals surface area contributed by atoms with Crippen LogP contribution >= 0.6 is 11.8 Å². The van der Waals surface area contributed by atoms with E-state index in [9.17, 15) is 0 Å². The van der Waals surface area contributed by atoms with Crippen LogP contribution in [-0.2, 0) is 0 Å². The number of guanidine groups is 1. The van der Waals surface area contributed by atoms with E-state index in [1.807, 2.05) is 0 Å². The number of benzene rings is 1. The van der Waals surface area contributed by atoms with Crippen LogP contribution in [0.4, 0.5) is 5.69 Å². The molecule has 2 fully saturated rings. The van der Waals surface area contributed by atoms with Crippen LogP contribution in [0.5, 0.6) is 0 Å². The van der Waals surface area contributed by atoms with Crippen molar-refractivity contribution in [2.45, 2.75) is 43.0 Å². The Labute approximate surface area is 162 Å². The smallest absolute Gasteiger partial charge is 0.198 e. The van der Waals surface area contributed by atoms with Crippen LogP contribution in [0.1, 0.15) is 32.1 Å². The second-order valence-corrected chi connectivity index (χ2v) is 7.98. The van der Waals surface area contributed by atoms with E-state index >= 15 is 0 Å². The van der Waals surface area contributed by atoms with Crippen LogP contribution in [0.15, 0.2) is 34.2 Å². The zero-order valence-corrected chi connectivity index (χ0v) is 16.8. The Kier molecular flexibility index (Phi) is 7.65. The second kappa shape index (κ2) is 10.2. The third-order valence-corrected chi connectivity index (χ3v) is 6.24. The largest absolute Gasteiger partial charge is 0.340 e. The predicted octanol–water partition coefficient (Wildman–Crippen LogP) is 3.09. The topological polar surface area (TPSA) is 56.9 Å². The zero-order chi connectivity index (χ0) is 18.2. The Morgan fingerprint density at radius 3 is 2.58 bits per heavy atom. The van der Waals surface area contributed by atoms with Crippen molar-refractivity contribution in [3.63, 3.8) is 0 Å². The third-order valence-electron chi connectivity index (χ3n) is 5.45. The van der Waals surface area contributed by atoms with Crippen LogP contribution in [0.25, 0.3) is 0 Å². The fourth-order valence-corrected chi connectivity index (χ4v) is 4.56. The first kappa shape index (κ1) is 19.5. The van der Waals surface area contributed by atoms with Crippen molar-refractivity contribution in [1.29, 1.82) is 0 Å². The van der Waals surface area contributed by atoms with Gasteiger partial charge >= 0.3 is 0 Å². The number of aliphatic imine (C=N–C) groups is 1. The molecular weight excluding hydrogens is 342 g/mol. The molecule has 1 saturated carbocycles. The summed E-state index contributed by atoms with van der Waals surface area (Å²) in [6, 6.07) is 9.23. The lowest BCUT2D eigenvalue weighted by molar-refractivity contribution is 0.107. The summed E-state index contributed by atoms with van der Waals surface area (Å²) in [6.07, 6.45) is 9.11. The van der Waals surface area contributed by atoms with Crippen LogP contribution in [0, 0.1) is 0 Å². The highest BCUT2D eigenvalue weighted by Gasteiger charge is 2.26. The lowest BCUT2D eigenvalue weighted by Gasteiger charge is -2.41. The van der Waals surface area contributed by atoms with E-state index < -0.39 is 0 Å². The highest BCUT2D eigenvalue weighted by atomic mass is 32.2. The van der Waals surface area contributed by atoms with E-state index in [0.717, 1.165) is 43.9 Å². The molecule has 0 spiro atoms. The molecule has 1 aromatic carbocycles. The van der Waals surface area contributed by atoms with Crippen molar-refractivity contribution in [3.8, 4) is 0 Å². The van der Waals surface area contributed by atoms with E-state index in [2.05, 4.69) is 45.6 Å². The summed E-state index contributed by atoms with van der Waals surface area (Å²) in [5.41, 5.74) is 6.84.